The van der Waals surface area contributed by atoms with E-state index in [2.05, 4.69) is 17.4 Å². The summed E-state index contributed by atoms with van der Waals surface area (Å²) in [5, 5.41) is 12.5. The lowest BCUT2D eigenvalue weighted by Crippen LogP contribution is -2.73. The second kappa shape index (κ2) is 7.67. The summed E-state index contributed by atoms with van der Waals surface area (Å²) in [5.74, 6) is -1.43. The van der Waals surface area contributed by atoms with Gasteiger partial charge < -0.3 is 15.2 Å². The van der Waals surface area contributed by atoms with Crippen LogP contribution in [0.5, 0.6) is 0 Å². The fraction of sp³-hybridized carbons (Fsp3) is 0.310. The van der Waals surface area contributed by atoms with Crippen molar-refractivity contribution in [1.82, 2.24) is 5.32 Å². The van der Waals surface area contributed by atoms with Crippen molar-refractivity contribution in [3.63, 3.8) is 0 Å². The lowest BCUT2D eigenvalue weighted by atomic mass is 9.31. The van der Waals surface area contributed by atoms with Gasteiger partial charge >= 0.3 is 12.1 Å². The molecule has 6 heteroatoms. The van der Waals surface area contributed by atoms with Crippen LogP contribution in [-0.4, -0.2) is 29.8 Å². The fourth-order valence-electron chi connectivity index (χ4n) is 6.74. The van der Waals surface area contributed by atoms with Crippen LogP contribution in [0.25, 0.3) is 11.1 Å². The minimum Gasteiger partial charge on any atom is -0.480 e. The number of amides is 1. The van der Waals surface area contributed by atoms with Crippen LogP contribution in [0.1, 0.15) is 47.4 Å². The van der Waals surface area contributed by atoms with E-state index in [9.17, 15) is 19.1 Å². The maximum Gasteiger partial charge on any atom is 0.407 e. The van der Waals surface area contributed by atoms with Crippen molar-refractivity contribution in [2.75, 3.05) is 6.61 Å². The minimum absolute atomic E-state index is 0.0982. The van der Waals surface area contributed by atoms with Gasteiger partial charge in [-0.1, -0.05) is 66.2 Å². The monoisotopic (exact) mass is 471 g/mol. The number of fused-ring (bicyclic) bond motifs is 3. The van der Waals surface area contributed by atoms with Crippen molar-refractivity contribution in [1.29, 1.82) is 0 Å². The average Bonchev–Trinajstić information content (AvgIpc) is 3.11. The Hall–Kier alpha value is -3.67. The maximum absolute atomic E-state index is 14.5. The van der Waals surface area contributed by atoms with Gasteiger partial charge in [0.15, 0.2) is 0 Å². The molecule has 3 saturated carbocycles. The van der Waals surface area contributed by atoms with Gasteiger partial charge in [0.1, 0.15) is 18.5 Å². The van der Waals surface area contributed by atoms with Crippen LogP contribution in [0.3, 0.4) is 0 Å². The Labute approximate surface area is 202 Å². The number of nitrogens with one attached hydrogen (secondary N) is 1. The first kappa shape index (κ1) is 21.8. The van der Waals surface area contributed by atoms with Gasteiger partial charge in [-0.15, -0.1) is 0 Å². The molecule has 4 aliphatic rings. The average molecular weight is 472 g/mol. The van der Waals surface area contributed by atoms with Crippen molar-refractivity contribution < 1.29 is 23.8 Å². The van der Waals surface area contributed by atoms with Crippen LogP contribution in [0, 0.1) is 18.2 Å². The normalized spacial score (nSPS) is 24.4. The number of carboxylic acids is 1. The molecule has 178 valence electrons. The Morgan fingerprint density at radius 2 is 1.63 bits per heavy atom. The lowest BCUT2D eigenvalue weighted by Gasteiger charge is -2.72. The first-order chi connectivity index (χ1) is 16.8. The van der Waals surface area contributed by atoms with Crippen LogP contribution in [0.2, 0.25) is 0 Å². The molecule has 3 aromatic rings. The highest BCUT2D eigenvalue weighted by Gasteiger charge is 2.73. The number of carbonyl (C=O) groups is 2. The molecular formula is C29H26FNO4. The summed E-state index contributed by atoms with van der Waals surface area (Å²) in [6.07, 6.45) is 0.892. The molecule has 1 amide bonds. The third-order valence-corrected chi connectivity index (χ3v) is 8.23. The van der Waals surface area contributed by atoms with Crippen molar-refractivity contribution in [3.8, 4) is 11.1 Å². The molecule has 0 radical (unpaired) electrons. The fourth-order valence-corrected chi connectivity index (χ4v) is 6.74. The molecule has 0 heterocycles. The quantitative estimate of drug-likeness (QED) is 0.494. The van der Waals surface area contributed by atoms with Gasteiger partial charge in [-0.2, -0.15) is 0 Å². The third-order valence-electron chi connectivity index (χ3n) is 8.23. The number of hydrogen-bond donors (Lipinski definition) is 2. The summed E-state index contributed by atoms with van der Waals surface area (Å²) >= 11 is 0. The predicted octanol–water partition coefficient (Wildman–Crippen LogP) is 5.55. The van der Waals surface area contributed by atoms with Gasteiger partial charge in [-0.25, -0.2) is 14.0 Å². The lowest BCUT2D eigenvalue weighted by molar-refractivity contribution is -0.183. The predicted molar refractivity (Wildman–Crippen MR) is 129 cm³/mol. The number of aliphatic carboxylic acids is 1. The van der Waals surface area contributed by atoms with Crippen LogP contribution in [-0.2, 0) is 14.9 Å². The maximum atomic E-state index is 14.5. The van der Waals surface area contributed by atoms with Gasteiger partial charge in [-0.05, 0) is 60.1 Å². The second-order valence-corrected chi connectivity index (χ2v) is 10.4. The molecule has 0 aliphatic heterocycles. The minimum atomic E-state index is -1.09. The number of halogens is 1. The molecule has 1 atom stereocenters. The van der Waals surface area contributed by atoms with E-state index in [1.807, 2.05) is 49.4 Å². The van der Waals surface area contributed by atoms with E-state index in [0.717, 1.165) is 27.8 Å². The largest absolute Gasteiger partial charge is 0.480 e. The van der Waals surface area contributed by atoms with Crippen molar-refractivity contribution in [2.24, 2.45) is 5.41 Å². The number of alkyl carbamates (subject to hydrolysis) is 1. The first-order valence-corrected chi connectivity index (χ1v) is 11.9. The Bertz CT molecular complexity index is 1300. The van der Waals surface area contributed by atoms with Crippen molar-refractivity contribution >= 4 is 12.1 Å². The van der Waals surface area contributed by atoms with Gasteiger partial charge in [-0.3, -0.25) is 0 Å². The zero-order valence-electron chi connectivity index (χ0n) is 19.4. The number of carbonyl (C=O) groups excluding carboxylic acids is 1. The van der Waals surface area contributed by atoms with Gasteiger partial charge in [0.25, 0.3) is 0 Å². The summed E-state index contributed by atoms with van der Waals surface area (Å²) in [6, 6.07) is 20.1. The Morgan fingerprint density at radius 3 is 2.23 bits per heavy atom. The third kappa shape index (κ3) is 3.27. The number of aryl methyl sites for hydroxylation is 1. The van der Waals surface area contributed by atoms with Gasteiger partial charge in [0.2, 0.25) is 0 Å². The highest BCUT2D eigenvalue weighted by atomic mass is 19.1. The zero-order valence-corrected chi connectivity index (χ0v) is 19.4. The van der Waals surface area contributed by atoms with Crippen LogP contribution >= 0.6 is 0 Å². The summed E-state index contributed by atoms with van der Waals surface area (Å²) in [7, 11) is 0. The zero-order chi connectivity index (χ0) is 24.4. The molecule has 2 N–H and O–H groups in total. The van der Waals surface area contributed by atoms with Gasteiger partial charge in [0.05, 0.1) is 0 Å². The summed E-state index contributed by atoms with van der Waals surface area (Å²) in [4.78, 5) is 24.8. The summed E-state index contributed by atoms with van der Waals surface area (Å²) < 4.78 is 20.0. The molecule has 3 fully saturated rings. The van der Waals surface area contributed by atoms with Crippen LogP contribution < -0.4 is 5.32 Å². The van der Waals surface area contributed by atoms with E-state index in [-0.39, 0.29) is 23.8 Å². The second-order valence-electron chi connectivity index (χ2n) is 10.4. The number of hydrogen-bond acceptors (Lipinski definition) is 3. The molecule has 7 rings (SSSR count). The Kier molecular flexibility index (Phi) is 4.78. The molecular weight excluding hydrogens is 445 g/mol. The van der Waals surface area contributed by atoms with E-state index in [4.69, 9.17) is 4.74 Å². The number of benzene rings is 3. The standard InChI is InChI=1S/C29H26FNO4/c1-17-10-11-24(30)23(12-17)28-14-29(15-28,16-28)25(26(32)33)31-27(34)35-13-22-20-8-4-2-6-18(20)19-7-3-5-9-21(19)22/h2-12,22,25H,13-16H2,1H3,(H,31,34)(H,32,33). The van der Waals surface area contributed by atoms with Crippen LogP contribution in [0.15, 0.2) is 66.7 Å². The summed E-state index contributed by atoms with van der Waals surface area (Å²) in [5.41, 5.74) is 5.19. The smallest absolute Gasteiger partial charge is 0.407 e. The molecule has 0 saturated heterocycles. The molecule has 2 bridgehead atoms. The molecule has 5 nitrogen and oxygen atoms in total. The molecule has 4 aliphatic carbocycles. The number of rotatable bonds is 6. The summed E-state index contributed by atoms with van der Waals surface area (Å²) in [6.45, 7) is 2.04. The highest BCUT2D eigenvalue weighted by Crippen LogP contribution is 2.75. The van der Waals surface area contributed by atoms with E-state index in [1.54, 1.807) is 6.07 Å². The molecule has 3 aromatic carbocycles. The van der Waals surface area contributed by atoms with E-state index in [1.165, 1.54) is 6.07 Å². The van der Waals surface area contributed by atoms with Crippen molar-refractivity contribution in [2.45, 2.75) is 43.6 Å². The number of ether oxygens (including phenoxy) is 1. The van der Waals surface area contributed by atoms with E-state index in [0.29, 0.717) is 24.8 Å². The van der Waals surface area contributed by atoms with Crippen LogP contribution in [0.4, 0.5) is 9.18 Å². The number of carboxylic acid groups (broad SMARTS) is 1. The molecule has 0 aromatic heterocycles. The molecule has 1 unspecified atom stereocenters. The first-order valence-electron chi connectivity index (χ1n) is 11.9. The van der Waals surface area contributed by atoms with E-state index < -0.39 is 23.5 Å². The van der Waals surface area contributed by atoms with E-state index >= 15 is 0 Å². The van der Waals surface area contributed by atoms with Gasteiger partial charge in [0, 0.05) is 16.7 Å². The molecule has 0 spiro atoms. The topological polar surface area (TPSA) is 75.6 Å². The molecule has 35 heavy (non-hydrogen) atoms. The highest BCUT2D eigenvalue weighted by molar-refractivity contribution is 5.82. The van der Waals surface area contributed by atoms with Crippen molar-refractivity contribution in [3.05, 3.63) is 94.8 Å². The Balaban J connectivity index is 1.13. The Morgan fingerprint density at radius 1 is 1.03 bits per heavy atom. The SMILES string of the molecule is Cc1ccc(F)c(C23CC(C(NC(=O)OCC4c5ccccc5-c5ccccc54)C(=O)O)(C2)C3)c1.